The van der Waals surface area contributed by atoms with E-state index in [0.717, 1.165) is 22.7 Å². The smallest absolute Gasteiger partial charge is 0.269 e. The van der Waals surface area contributed by atoms with E-state index in [0.29, 0.717) is 17.0 Å². The number of hydrogen-bond acceptors (Lipinski definition) is 4. The molecule has 0 radical (unpaired) electrons. The van der Waals surface area contributed by atoms with Gasteiger partial charge in [-0.15, -0.1) is 0 Å². The summed E-state index contributed by atoms with van der Waals surface area (Å²) in [5, 5.41) is 3.14. The van der Waals surface area contributed by atoms with Gasteiger partial charge in [-0.3, -0.25) is 9.59 Å². The van der Waals surface area contributed by atoms with Gasteiger partial charge >= 0.3 is 0 Å². The first-order valence-corrected chi connectivity index (χ1v) is 12.0. The van der Waals surface area contributed by atoms with Crippen molar-refractivity contribution in [2.45, 2.75) is 30.3 Å². The normalized spacial score (nSPS) is 17.6. The van der Waals surface area contributed by atoms with Crippen molar-refractivity contribution in [3.63, 3.8) is 0 Å². The van der Waals surface area contributed by atoms with E-state index in [4.69, 9.17) is 0 Å². The zero-order valence-corrected chi connectivity index (χ0v) is 18.1. The first kappa shape index (κ1) is 20.5. The molecule has 5 rings (SSSR count). The van der Waals surface area contributed by atoms with E-state index in [9.17, 15) is 18.0 Å². The Labute approximate surface area is 186 Å². The predicted octanol–water partition coefficient (Wildman–Crippen LogP) is 3.91. The van der Waals surface area contributed by atoms with Crippen LogP contribution in [0.2, 0.25) is 0 Å². The summed E-state index contributed by atoms with van der Waals surface area (Å²) < 4.78 is 26.4. The summed E-state index contributed by atoms with van der Waals surface area (Å²) in [4.78, 5) is 25.5. The fourth-order valence-electron chi connectivity index (χ4n) is 4.10. The molecule has 1 heterocycles. The second-order valence-corrected chi connectivity index (χ2v) is 10.0. The molecule has 0 unspecified atom stereocenters. The van der Waals surface area contributed by atoms with Crippen LogP contribution in [0.1, 0.15) is 50.7 Å². The summed E-state index contributed by atoms with van der Waals surface area (Å²) in [6.45, 7) is -0.0769. The molecule has 1 aliphatic carbocycles. The topological polar surface area (TPSA) is 83.6 Å². The highest BCUT2D eigenvalue weighted by molar-refractivity contribution is 7.90. The Hall–Kier alpha value is -3.45. The maximum Gasteiger partial charge on any atom is 0.269 e. The number of amides is 2. The molecule has 162 valence electrons. The molecule has 1 saturated carbocycles. The highest BCUT2D eigenvalue weighted by Crippen LogP contribution is 2.41. The van der Waals surface area contributed by atoms with Gasteiger partial charge in [0.15, 0.2) is 0 Å². The van der Waals surface area contributed by atoms with Crippen LogP contribution in [-0.4, -0.2) is 24.5 Å². The Morgan fingerprint density at radius 3 is 2.25 bits per heavy atom. The van der Waals surface area contributed by atoms with Gasteiger partial charge < -0.3 is 5.32 Å². The molecule has 0 spiro atoms. The summed E-state index contributed by atoms with van der Waals surface area (Å²) in [5.41, 5.74) is 2.41. The van der Waals surface area contributed by atoms with Gasteiger partial charge in [0.05, 0.1) is 18.2 Å². The zero-order chi connectivity index (χ0) is 22.3. The molecule has 1 aliphatic heterocycles. The second kappa shape index (κ2) is 7.91. The van der Waals surface area contributed by atoms with Gasteiger partial charge in [-0.1, -0.05) is 54.6 Å². The van der Waals surface area contributed by atoms with Crippen LogP contribution in [0.4, 0.5) is 0 Å². The van der Waals surface area contributed by atoms with Crippen LogP contribution in [0, 0.1) is 5.92 Å². The molecule has 0 aromatic heterocycles. The predicted molar refractivity (Wildman–Crippen MR) is 119 cm³/mol. The Morgan fingerprint density at radius 2 is 1.59 bits per heavy atom. The number of benzene rings is 3. The monoisotopic (exact) mass is 446 g/mol. The van der Waals surface area contributed by atoms with Gasteiger partial charge in [-0.25, -0.2) is 12.7 Å². The fourth-order valence-corrected chi connectivity index (χ4v) is 5.66. The molecule has 1 fully saturated rings. The summed E-state index contributed by atoms with van der Waals surface area (Å²) >= 11 is 0. The standard InChI is InChI=1S/C25H22N2O4S/c28-24(26-23(19-14-15-19)18-6-2-1-3-7-18)20-12-10-17(11-13-20)16-27-25(29)21-8-4-5-9-22(21)32(27,30)31/h1-13,19,23H,14-16H2,(H,26,28)/t23-/m1/s1. The average Bonchev–Trinajstić information content (AvgIpc) is 3.64. The molecule has 3 aromatic rings. The highest BCUT2D eigenvalue weighted by Gasteiger charge is 2.40. The first-order valence-electron chi connectivity index (χ1n) is 10.6. The SMILES string of the molecule is O=C(N[C@H](c1ccccc1)C1CC1)c1ccc(CN2C(=O)c3ccccc3S2(=O)=O)cc1. The Morgan fingerprint density at radius 1 is 0.938 bits per heavy atom. The quantitative estimate of drug-likeness (QED) is 0.622. The van der Waals surface area contributed by atoms with Crippen molar-refractivity contribution < 1.29 is 18.0 Å². The Balaban J connectivity index is 1.31. The summed E-state index contributed by atoms with van der Waals surface area (Å²) in [7, 11) is -3.86. The maximum atomic E-state index is 12.8. The molecule has 3 aromatic carbocycles. The van der Waals surface area contributed by atoms with E-state index in [1.54, 1.807) is 36.4 Å². The lowest BCUT2D eigenvalue weighted by Gasteiger charge is -2.19. The molecule has 6 nitrogen and oxygen atoms in total. The molecular weight excluding hydrogens is 424 g/mol. The molecule has 2 amide bonds. The van der Waals surface area contributed by atoms with E-state index in [1.807, 2.05) is 30.3 Å². The minimum absolute atomic E-state index is 0.0192. The van der Waals surface area contributed by atoms with Gasteiger partial charge in [-0.05, 0) is 54.2 Å². The molecule has 1 N–H and O–H groups in total. The van der Waals surface area contributed by atoms with Gasteiger partial charge in [0.25, 0.3) is 21.8 Å². The van der Waals surface area contributed by atoms with Gasteiger partial charge in [0, 0.05) is 5.56 Å². The van der Waals surface area contributed by atoms with Crippen molar-refractivity contribution in [2.75, 3.05) is 0 Å². The number of fused-ring (bicyclic) bond motifs is 1. The maximum absolute atomic E-state index is 12.8. The zero-order valence-electron chi connectivity index (χ0n) is 17.3. The van der Waals surface area contributed by atoms with Crippen LogP contribution in [0.15, 0.2) is 83.8 Å². The van der Waals surface area contributed by atoms with Gasteiger partial charge in [0.1, 0.15) is 4.90 Å². The summed E-state index contributed by atoms with van der Waals surface area (Å²) in [6, 6.07) is 22.9. The molecule has 7 heteroatoms. The molecule has 32 heavy (non-hydrogen) atoms. The van der Waals surface area contributed by atoms with Crippen LogP contribution in [-0.2, 0) is 16.6 Å². The van der Waals surface area contributed by atoms with E-state index < -0.39 is 15.9 Å². The van der Waals surface area contributed by atoms with Crippen molar-refractivity contribution in [3.8, 4) is 0 Å². The van der Waals surface area contributed by atoms with Crippen LogP contribution in [0.3, 0.4) is 0 Å². The number of rotatable bonds is 6. The second-order valence-electron chi connectivity index (χ2n) is 8.21. The van der Waals surface area contributed by atoms with Crippen molar-refractivity contribution in [3.05, 3.63) is 101 Å². The number of nitrogens with zero attached hydrogens (tertiary/aromatic N) is 1. The number of hydrogen-bond donors (Lipinski definition) is 1. The third-order valence-electron chi connectivity index (χ3n) is 5.99. The van der Waals surface area contributed by atoms with Crippen molar-refractivity contribution >= 4 is 21.8 Å². The molecule has 1 atom stereocenters. The van der Waals surface area contributed by atoms with Crippen molar-refractivity contribution in [1.82, 2.24) is 9.62 Å². The van der Waals surface area contributed by atoms with Gasteiger partial charge in [0.2, 0.25) is 0 Å². The van der Waals surface area contributed by atoms with E-state index in [1.165, 1.54) is 12.1 Å². The highest BCUT2D eigenvalue weighted by atomic mass is 32.2. The lowest BCUT2D eigenvalue weighted by molar-refractivity contribution is 0.0863. The lowest BCUT2D eigenvalue weighted by Crippen LogP contribution is -2.30. The number of nitrogens with one attached hydrogen (secondary N) is 1. The van der Waals surface area contributed by atoms with Crippen LogP contribution >= 0.6 is 0 Å². The van der Waals surface area contributed by atoms with E-state index >= 15 is 0 Å². The van der Waals surface area contributed by atoms with Crippen molar-refractivity contribution in [2.24, 2.45) is 5.92 Å². The van der Waals surface area contributed by atoms with Crippen LogP contribution < -0.4 is 5.32 Å². The van der Waals surface area contributed by atoms with Gasteiger partial charge in [-0.2, -0.15) is 0 Å². The van der Waals surface area contributed by atoms with E-state index in [2.05, 4.69) is 5.32 Å². The Kier molecular flexibility index (Phi) is 5.06. The number of carbonyl (C=O) groups excluding carboxylic acids is 2. The van der Waals surface area contributed by atoms with E-state index in [-0.39, 0.29) is 29.0 Å². The summed E-state index contributed by atoms with van der Waals surface area (Å²) in [5.74, 6) is -0.249. The lowest BCUT2D eigenvalue weighted by atomic mass is 10.0. The number of sulfonamides is 1. The van der Waals surface area contributed by atoms with Crippen LogP contribution in [0.25, 0.3) is 0 Å². The first-order chi connectivity index (χ1) is 15.4. The Bertz CT molecular complexity index is 1280. The third kappa shape index (κ3) is 3.69. The van der Waals surface area contributed by atoms with Crippen LogP contribution in [0.5, 0.6) is 0 Å². The molecular formula is C25H22N2O4S. The summed E-state index contributed by atoms with van der Waals surface area (Å²) in [6.07, 6.45) is 2.19. The third-order valence-corrected chi connectivity index (χ3v) is 7.78. The minimum Gasteiger partial charge on any atom is -0.345 e. The molecule has 2 aliphatic rings. The molecule has 0 saturated heterocycles. The number of carbonyl (C=O) groups is 2. The van der Waals surface area contributed by atoms with Crippen molar-refractivity contribution in [1.29, 1.82) is 0 Å². The molecule has 0 bridgehead atoms. The fraction of sp³-hybridized carbons (Fsp3) is 0.200. The largest absolute Gasteiger partial charge is 0.345 e. The minimum atomic E-state index is -3.86. The average molecular weight is 447 g/mol.